The van der Waals surface area contributed by atoms with E-state index < -0.39 is 0 Å². The van der Waals surface area contributed by atoms with Crippen LogP contribution in [0.1, 0.15) is 32.6 Å². The smallest absolute Gasteiger partial charge is 0.0247 e. The molecular formula is C11H24N2S. The predicted molar refractivity (Wildman–Crippen MR) is 65.8 cm³/mol. The van der Waals surface area contributed by atoms with Crippen LogP contribution in [0, 0.1) is 0 Å². The normalized spacial score (nSPS) is 30.6. The number of likely N-dealkylation sites (N-methyl/N-ethyl adjacent to an activating group) is 1. The van der Waals surface area contributed by atoms with E-state index in [1.165, 1.54) is 31.4 Å². The molecule has 3 unspecified atom stereocenters. The van der Waals surface area contributed by atoms with E-state index in [1.54, 1.807) is 0 Å². The van der Waals surface area contributed by atoms with Crippen molar-refractivity contribution in [3.8, 4) is 0 Å². The summed E-state index contributed by atoms with van der Waals surface area (Å²) in [6, 6.07) is 1.67. The van der Waals surface area contributed by atoms with Crippen molar-refractivity contribution in [2.24, 2.45) is 5.73 Å². The minimum atomic E-state index is 0.401. The van der Waals surface area contributed by atoms with Crippen LogP contribution in [-0.4, -0.2) is 42.1 Å². The first-order valence-electron chi connectivity index (χ1n) is 5.63. The Labute approximate surface area is 92.6 Å². The number of nitrogens with zero attached hydrogens (tertiary/aromatic N) is 1. The van der Waals surface area contributed by atoms with Gasteiger partial charge in [0, 0.05) is 23.9 Å². The fourth-order valence-electron chi connectivity index (χ4n) is 2.33. The largest absolute Gasteiger partial charge is 0.326 e. The third kappa shape index (κ3) is 3.14. The molecule has 2 N–H and O–H groups in total. The maximum absolute atomic E-state index is 6.17. The second-order valence-corrected chi connectivity index (χ2v) is 5.40. The van der Waals surface area contributed by atoms with Crippen LogP contribution in [0.3, 0.4) is 0 Å². The molecule has 84 valence electrons. The van der Waals surface area contributed by atoms with Crippen molar-refractivity contribution in [3.05, 3.63) is 0 Å². The lowest BCUT2D eigenvalue weighted by Gasteiger charge is -2.39. The maximum atomic E-state index is 6.17. The Morgan fingerprint density at radius 2 is 2.07 bits per heavy atom. The molecule has 0 amide bonds. The molecule has 3 atom stereocenters. The van der Waals surface area contributed by atoms with Gasteiger partial charge in [0.15, 0.2) is 0 Å². The Kier molecular flexibility index (Phi) is 5.28. The van der Waals surface area contributed by atoms with E-state index in [0.717, 1.165) is 0 Å². The van der Waals surface area contributed by atoms with Gasteiger partial charge in [-0.05, 0) is 33.1 Å². The van der Waals surface area contributed by atoms with Gasteiger partial charge in [0.2, 0.25) is 0 Å². The third-order valence-electron chi connectivity index (χ3n) is 3.41. The van der Waals surface area contributed by atoms with Gasteiger partial charge in [-0.3, -0.25) is 4.90 Å². The van der Waals surface area contributed by atoms with Crippen LogP contribution >= 0.6 is 11.8 Å². The summed E-state index contributed by atoms with van der Waals surface area (Å²) >= 11 is 1.92. The number of rotatable bonds is 4. The summed E-state index contributed by atoms with van der Waals surface area (Å²) in [5.74, 6) is 1.21. The molecule has 0 aliphatic heterocycles. The van der Waals surface area contributed by atoms with Crippen molar-refractivity contribution < 1.29 is 0 Å². The van der Waals surface area contributed by atoms with E-state index >= 15 is 0 Å². The second kappa shape index (κ2) is 5.99. The fourth-order valence-corrected chi connectivity index (χ4v) is 3.05. The van der Waals surface area contributed by atoms with Crippen LogP contribution < -0.4 is 5.73 Å². The molecular weight excluding hydrogens is 192 g/mol. The quantitative estimate of drug-likeness (QED) is 0.779. The summed E-state index contributed by atoms with van der Waals surface area (Å²) in [5.41, 5.74) is 6.17. The van der Waals surface area contributed by atoms with Crippen molar-refractivity contribution in [1.82, 2.24) is 4.90 Å². The molecule has 0 aromatic heterocycles. The molecule has 2 nitrogen and oxygen atoms in total. The van der Waals surface area contributed by atoms with E-state index in [-0.39, 0.29) is 0 Å². The molecule has 0 spiro atoms. The van der Waals surface area contributed by atoms with Crippen molar-refractivity contribution in [1.29, 1.82) is 0 Å². The van der Waals surface area contributed by atoms with Gasteiger partial charge in [-0.2, -0.15) is 11.8 Å². The minimum Gasteiger partial charge on any atom is -0.326 e. The molecule has 1 rings (SSSR count). The lowest BCUT2D eigenvalue weighted by atomic mass is 9.89. The van der Waals surface area contributed by atoms with Crippen LogP contribution in [0.15, 0.2) is 0 Å². The van der Waals surface area contributed by atoms with Gasteiger partial charge in [-0.1, -0.05) is 12.8 Å². The van der Waals surface area contributed by atoms with E-state index in [4.69, 9.17) is 5.73 Å². The highest BCUT2D eigenvalue weighted by atomic mass is 32.2. The summed E-state index contributed by atoms with van der Waals surface area (Å²) in [6.07, 6.45) is 7.35. The summed E-state index contributed by atoms with van der Waals surface area (Å²) in [7, 11) is 2.23. The highest BCUT2D eigenvalue weighted by Gasteiger charge is 2.27. The number of hydrogen-bond donors (Lipinski definition) is 1. The van der Waals surface area contributed by atoms with E-state index in [1.807, 2.05) is 11.8 Å². The van der Waals surface area contributed by atoms with Gasteiger partial charge in [0.1, 0.15) is 0 Å². The Hall–Kier alpha value is 0.270. The minimum absolute atomic E-state index is 0.401. The molecule has 14 heavy (non-hydrogen) atoms. The number of hydrogen-bond acceptors (Lipinski definition) is 3. The molecule has 3 heteroatoms. The number of thioether (sulfide) groups is 1. The average molecular weight is 216 g/mol. The highest BCUT2D eigenvalue weighted by molar-refractivity contribution is 7.98. The number of nitrogens with two attached hydrogens (primary N) is 1. The zero-order chi connectivity index (χ0) is 10.6. The first kappa shape index (κ1) is 12.3. The first-order valence-corrected chi connectivity index (χ1v) is 7.02. The van der Waals surface area contributed by atoms with Crippen LogP contribution in [0.5, 0.6) is 0 Å². The van der Waals surface area contributed by atoms with E-state index in [0.29, 0.717) is 18.1 Å². The second-order valence-electron chi connectivity index (χ2n) is 4.49. The zero-order valence-electron chi connectivity index (χ0n) is 9.70. The molecule has 0 heterocycles. The topological polar surface area (TPSA) is 29.3 Å². The van der Waals surface area contributed by atoms with Gasteiger partial charge in [-0.25, -0.2) is 0 Å². The summed E-state index contributed by atoms with van der Waals surface area (Å²) in [5, 5.41) is 0. The highest BCUT2D eigenvalue weighted by Crippen LogP contribution is 2.22. The predicted octanol–water partition coefficient (Wildman–Crippen LogP) is 1.94. The molecule has 1 saturated carbocycles. The van der Waals surface area contributed by atoms with Gasteiger partial charge < -0.3 is 5.73 Å². The third-order valence-corrected chi connectivity index (χ3v) is 4.22. The van der Waals surface area contributed by atoms with Crippen LogP contribution in [0.25, 0.3) is 0 Å². The molecule has 0 aromatic rings. The Morgan fingerprint density at radius 3 is 2.64 bits per heavy atom. The molecule has 1 fully saturated rings. The summed E-state index contributed by atoms with van der Waals surface area (Å²) in [6.45, 7) is 2.30. The van der Waals surface area contributed by atoms with Crippen molar-refractivity contribution >= 4 is 11.8 Å². The average Bonchev–Trinajstić information content (AvgIpc) is 2.18. The molecule has 1 aliphatic carbocycles. The van der Waals surface area contributed by atoms with Crippen molar-refractivity contribution in [3.63, 3.8) is 0 Å². The fraction of sp³-hybridized carbons (Fsp3) is 1.00. The first-order chi connectivity index (χ1) is 6.66. The molecule has 1 aliphatic rings. The van der Waals surface area contributed by atoms with Crippen LogP contribution in [0.4, 0.5) is 0 Å². The van der Waals surface area contributed by atoms with Gasteiger partial charge in [-0.15, -0.1) is 0 Å². The Morgan fingerprint density at radius 1 is 1.43 bits per heavy atom. The Balaban J connectivity index is 2.44. The van der Waals surface area contributed by atoms with Crippen LogP contribution in [-0.2, 0) is 0 Å². The van der Waals surface area contributed by atoms with Gasteiger partial charge in [0.25, 0.3) is 0 Å². The molecule has 0 saturated heterocycles. The van der Waals surface area contributed by atoms with Crippen molar-refractivity contribution in [2.75, 3.05) is 19.1 Å². The Bertz CT molecular complexity index is 163. The summed E-state index contributed by atoms with van der Waals surface area (Å²) < 4.78 is 0. The molecule has 0 aromatic carbocycles. The molecule has 0 bridgehead atoms. The summed E-state index contributed by atoms with van der Waals surface area (Å²) in [4.78, 5) is 2.49. The zero-order valence-corrected chi connectivity index (χ0v) is 10.5. The van der Waals surface area contributed by atoms with Crippen molar-refractivity contribution in [2.45, 2.75) is 50.7 Å². The van der Waals surface area contributed by atoms with E-state index in [9.17, 15) is 0 Å². The monoisotopic (exact) mass is 216 g/mol. The van der Waals surface area contributed by atoms with E-state index in [2.05, 4.69) is 25.1 Å². The lowest BCUT2D eigenvalue weighted by molar-refractivity contribution is 0.138. The van der Waals surface area contributed by atoms with Gasteiger partial charge in [0.05, 0.1) is 0 Å². The SMILES string of the molecule is CSCC(C)N(C)C1CCCCC1N. The molecule has 0 radical (unpaired) electrons. The lowest BCUT2D eigenvalue weighted by Crippen LogP contribution is -2.51. The maximum Gasteiger partial charge on any atom is 0.0247 e. The van der Waals surface area contributed by atoms with Gasteiger partial charge >= 0.3 is 0 Å². The van der Waals surface area contributed by atoms with Crippen LogP contribution in [0.2, 0.25) is 0 Å². The standard InChI is InChI=1S/C11H24N2S/c1-9(8-14-3)13(2)11-7-5-4-6-10(11)12/h9-11H,4-8,12H2,1-3H3.